The first-order valence-electron chi connectivity index (χ1n) is 7.04. The molecule has 0 atom stereocenters. The predicted molar refractivity (Wildman–Crippen MR) is 85.9 cm³/mol. The molecule has 106 valence electrons. The van der Waals surface area contributed by atoms with E-state index in [4.69, 9.17) is 14.0 Å². The molecule has 3 N–H and O–H groups in total. The van der Waals surface area contributed by atoms with E-state index >= 15 is 0 Å². The molecule has 0 saturated carbocycles. The highest BCUT2D eigenvalue weighted by Crippen LogP contribution is 2.58. The van der Waals surface area contributed by atoms with Crippen molar-refractivity contribution < 1.29 is 8.23 Å². The van der Waals surface area contributed by atoms with Gasteiger partial charge in [0, 0.05) is 13.1 Å². The van der Waals surface area contributed by atoms with Crippen LogP contribution in [0.1, 0.15) is 6.42 Å². The molecule has 0 radical (unpaired) electrons. The maximum Gasteiger partial charge on any atom is 0.296 e. The van der Waals surface area contributed by atoms with Crippen molar-refractivity contribution >= 4 is 30.4 Å². The number of nitrogens with two attached hydrogens (primary N) is 1. The van der Waals surface area contributed by atoms with Crippen molar-refractivity contribution in [1.82, 2.24) is 5.32 Å². The second-order valence-electron chi connectivity index (χ2n) is 6.74. The topological polar surface area (TPSA) is 56.5 Å². The standard InChI is InChI=1S/C10H28N2O2Si4/c1-15(2)13-18(10-6-8-12-9-7-11)14-16(3,4)17(15,18)5/h12H,6-11H2,1-5H3. The molecule has 2 aliphatic rings. The fourth-order valence-electron chi connectivity index (χ4n) is 3.83. The summed E-state index contributed by atoms with van der Waals surface area (Å²) < 4.78 is 12.9. The zero-order valence-electron chi connectivity index (χ0n) is 12.4. The lowest BCUT2D eigenvalue weighted by atomic mass is 10.5. The third-order valence-electron chi connectivity index (χ3n) is 5.19. The fourth-order valence-corrected chi connectivity index (χ4v) is 80.3. The number of hydrogen-bond donors (Lipinski definition) is 2. The van der Waals surface area contributed by atoms with E-state index in [9.17, 15) is 0 Å². The van der Waals surface area contributed by atoms with E-state index < -0.39 is 30.4 Å². The molecule has 0 aromatic carbocycles. The van der Waals surface area contributed by atoms with Crippen molar-refractivity contribution in [3.8, 4) is 0 Å². The van der Waals surface area contributed by atoms with Crippen LogP contribution in [0, 0.1) is 0 Å². The SMILES string of the molecule is C[Si]1(C)O[Si]2(CCCNCCN)O[Si](C)(C)[Si]12C. The monoisotopic (exact) mass is 320 g/mol. The van der Waals surface area contributed by atoms with Crippen LogP contribution >= 0.6 is 0 Å². The minimum Gasteiger partial charge on any atom is -0.442 e. The van der Waals surface area contributed by atoms with E-state index in [-0.39, 0.29) is 0 Å². The predicted octanol–water partition coefficient (Wildman–Crippen LogP) is 1.15. The van der Waals surface area contributed by atoms with Crippen LogP contribution in [0.3, 0.4) is 0 Å². The third-order valence-corrected chi connectivity index (χ3v) is 71.2. The van der Waals surface area contributed by atoms with Crippen LogP contribution in [0.5, 0.6) is 0 Å². The van der Waals surface area contributed by atoms with E-state index in [0.717, 1.165) is 19.6 Å². The summed E-state index contributed by atoms with van der Waals surface area (Å²) >= 11 is 0. The zero-order chi connectivity index (χ0) is 13.7. The lowest BCUT2D eigenvalue weighted by molar-refractivity contribution is 0.364. The van der Waals surface area contributed by atoms with Crippen molar-refractivity contribution in [3.63, 3.8) is 0 Å². The quantitative estimate of drug-likeness (QED) is 0.569. The Bertz CT molecular complexity index is 320. The Balaban J connectivity index is 1.90. The Labute approximate surface area is 115 Å². The number of nitrogens with one attached hydrogen (secondary N) is 1. The van der Waals surface area contributed by atoms with Gasteiger partial charge >= 0.3 is 0 Å². The molecule has 0 bridgehead atoms. The Hall–Kier alpha value is 0.708. The minimum absolute atomic E-state index is 0.724. The summed E-state index contributed by atoms with van der Waals surface area (Å²) in [5.41, 5.74) is 5.47. The first-order valence-corrected chi connectivity index (χ1v) is 20.4. The molecular weight excluding hydrogens is 292 g/mol. The average Bonchev–Trinajstić information content (AvgIpc) is 2.26. The molecule has 0 amide bonds. The maximum atomic E-state index is 6.46. The Morgan fingerprint density at radius 2 is 1.50 bits per heavy atom. The van der Waals surface area contributed by atoms with Crippen LogP contribution in [-0.2, 0) is 8.23 Å². The second-order valence-corrected chi connectivity index (χ2v) is 41.7. The highest BCUT2D eigenvalue weighted by atomic mass is 30.0. The summed E-state index contributed by atoms with van der Waals surface area (Å²) in [6.07, 6.45) is 1.20. The van der Waals surface area contributed by atoms with Crippen molar-refractivity contribution in [2.75, 3.05) is 19.6 Å². The van der Waals surface area contributed by atoms with Gasteiger partial charge in [-0.15, -0.1) is 0 Å². The zero-order valence-corrected chi connectivity index (χ0v) is 16.4. The van der Waals surface area contributed by atoms with Crippen LogP contribution in [0.15, 0.2) is 0 Å². The van der Waals surface area contributed by atoms with Crippen molar-refractivity contribution in [1.29, 1.82) is 0 Å². The smallest absolute Gasteiger partial charge is 0.296 e. The molecule has 0 unspecified atom stereocenters. The van der Waals surface area contributed by atoms with Crippen molar-refractivity contribution in [2.24, 2.45) is 5.73 Å². The van der Waals surface area contributed by atoms with Gasteiger partial charge in [-0.25, -0.2) is 0 Å². The molecule has 0 aromatic heterocycles. The summed E-state index contributed by atoms with van der Waals surface area (Å²) in [7, 11) is -4.37. The van der Waals surface area contributed by atoms with E-state index in [1.54, 1.807) is 0 Å². The van der Waals surface area contributed by atoms with E-state index in [1.165, 1.54) is 12.5 Å². The summed E-state index contributed by atoms with van der Waals surface area (Å²) in [6, 6.07) is 1.22. The largest absolute Gasteiger partial charge is 0.442 e. The van der Waals surface area contributed by atoms with Crippen LogP contribution in [0.4, 0.5) is 0 Å². The molecule has 0 aromatic rings. The summed E-state index contributed by atoms with van der Waals surface area (Å²) in [5, 5.41) is 3.37. The summed E-state index contributed by atoms with van der Waals surface area (Å²) in [6.45, 7) is 14.0. The molecule has 0 aliphatic carbocycles. The molecule has 2 aliphatic heterocycles. The van der Waals surface area contributed by atoms with Gasteiger partial charge in [0.15, 0.2) is 22.3 Å². The summed E-state index contributed by atoms with van der Waals surface area (Å²) in [4.78, 5) is 0. The van der Waals surface area contributed by atoms with Gasteiger partial charge in [0.1, 0.15) is 0 Å². The normalized spacial score (nSPS) is 39.7. The van der Waals surface area contributed by atoms with E-state index in [2.05, 4.69) is 38.1 Å². The second kappa shape index (κ2) is 4.62. The van der Waals surface area contributed by atoms with Crippen LogP contribution in [-0.4, -0.2) is 50.0 Å². The Morgan fingerprint density at radius 3 is 1.94 bits per heavy atom. The third kappa shape index (κ3) is 1.81. The summed E-state index contributed by atoms with van der Waals surface area (Å²) in [5.74, 6) is 0. The molecule has 0 spiro atoms. The first-order chi connectivity index (χ1) is 8.22. The highest BCUT2D eigenvalue weighted by molar-refractivity contribution is 7.96. The van der Waals surface area contributed by atoms with Crippen LogP contribution in [0.25, 0.3) is 0 Å². The first kappa shape index (κ1) is 15.1. The molecule has 2 saturated heterocycles. The number of fused-ring (bicyclic) bond motifs is 1. The lowest BCUT2D eigenvalue weighted by Crippen LogP contribution is -3.06. The molecule has 2 fully saturated rings. The molecule has 8 heteroatoms. The van der Waals surface area contributed by atoms with Crippen LogP contribution in [0.2, 0.25) is 38.8 Å². The van der Waals surface area contributed by atoms with E-state index in [1.807, 2.05) is 0 Å². The van der Waals surface area contributed by atoms with Gasteiger partial charge in [-0.2, -0.15) is 0 Å². The molecule has 2 heterocycles. The van der Waals surface area contributed by atoms with E-state index in [0.29, 0.717) is 0 Å². The molecule has 18 heavy (non-hydrogen) atoms. The number of rotatable bonds is 6. The number of hydrogen-bond acceptors (Lipinski definition) is 4. The van der Waals surface area contributed by atoms with Gasteiger partial charge in [-0.1, -0.05) is 6.55 Å². The highest BCUT2D eigenvalue weighted by Gasteiger charge is 2.89. The Kier molecular flexibility index (Phi) is 3.88. The van der Waals surface area contributed by atoms with Crippen molar-refractivity contribution in [2.45, 2.75) is 45.2 Å². The average molecular weight is 321 g/mol. The lowest BCUT2D eigenvalue weighted by Gasteiger charge is -2.76. The maximum absolute atomic E-state index is 6.46. The van der Waals surface area contributed by atoms with Crippen LogP contribution < -0.4 is 11.1 Å². The minimum atomic E-state index is -1.68. The van der Waals surface area contributed by atoms with Gasteiger partial charge in [0.25, 0.3) is 8.08 Å². The Morgan fingerprint density at radius 1 is 0.944 bits per heavy atom. The van der Waals surface area contributed by atoms with Gasteiger partial charge in [0.05, 0.1) is 0 Å². The van der Waals surface area contributed by atoms with Gasteiger partial charge in [-0.3, -0.25) is 0 Å². The van der Waals surface area contributed by atoms with Gasteiger partial charge in [-0.05, 0) is 45.2 Å². The van der Waals surface area contributed by atoms with Gasteiger partial charge in [0.2, 0.25) is 0 Å². The van der Waals surface area contributed by atoms with Gasteiger partial charge < -0.3 is 19.3 Å². The molecular formula is C10H28N2O2Si4. The fraction of sp³-hybridized carbons (Fsp3) is 1.00. The molecule has 2 rings (SSSR count). The van der Waals surface area contributed by atoms with Crippen molar-refractivity contribution in [3.05, 3.63) is 0 Å². The molecule has 4 nitrogen and oxygen atoms in total.